The maximum absolute atomic E-state index is 12.2. The number of carbonyl (C=O) groups excluding carboxylic acids is 1. The molecule has 0 heterocycles. The molecule has 0 spiro atoms. The van der Waals surface area contributed by atoms with Gasteiger partial charge in [-0.3, -0.25) is 14.4 Å². The van der Waals surface area contributed by atoms with Crippen molar-refractivity contribution in [3.05, 3.63) is 0 Å². The molecule has 6 heteroatoms. The van der Waals surface area contributed by atoms with Crippen LogP contribution in [0.2, 0.25) is 0 Å². The molecule has 130 valence electrons. The first-order valence-electron chi connectivity index (χ1n) is 7.29. The zero-order chi connectivity index (χ0) is 15.9. The molecule has 1 unspecified atom stereocenters. The molecule has 2 N–H and O–H groups in total. The Hall–Kier alpha value is -2.10. The summed E-state index contributed by atoms with van der Waals surface area (Å²) in [6.07, 6.45) is 1.79. The van der Waals surface area contributed by atoms with E-state index in [1.54, 1.807) is 0 Å². The van der Waals surface area contributed by atoms with Crippen LogP contribution in [0.4, 0.5) is 0 Å². The van der Waals surface area contributed by atoms with E-state index in [1.165, 1.54) is 0 Å². The molecule has 5 nitrogen and oxygen atoms in total. The van der Waals surface area contributed by atoms with Crippen LogP contribution in [-0.2, 0) is 14.4 Å². The second-order valence-corrected chi connectivity index (χ2v) is 6.65. The first-order chi connectivity index (χ1) is 9.08. The summed E-state index contributed by atoms with van der Waals surface area (Å²) in [6, 6.07) is 0. The van der Waals surface area contributed by atoms with Crippen molar-refractivity contribution in [2.75, 3.05) is 0 Å². The number of carboxylic acids is 1. The van der Waals surface area contributed by atoms with Crippen molar-refractivity contribution in [2.24, 2.45) is 17.8 Å². The number of amides is 1. The van der Waals surface area contributed by atoms with Crippen LogP contribution in [0.5, 0.6) is 0 Å². The molecule has 0 radical (unpaired) electrons. The van der Waals surface area contributed by atoms with Gasteiger partial charge >= 0.3 is 5.97 Å². The maximum Gasteiger partial charge on any atom is 0.307 e. The molecule has 0 aliphatic rings. The predicted octanol–water partition coefficient (Wildman–Crippen LogP) is 3.00. The minimum Gasteiger partial charge on any atom is -0.481 e. The van der Waals surface area contributed by atoms with Gasteiger partial charge in [-0.2, -0.15) is 0 Å². The van der Waals surface area contributed by atoms with Crippen molar-refractivity contribution >= 4 is 11.9 Å². The number of aliphatic carboxylic acids is 1. The third-order valence-electron chi connectivity index (χ3n) is 2.92. The number of carbonyl (C=O) groups is 2. The van der Waals surface area contributed by atoms with Crippen LogP contribution in [0.15, 0.2) is 0 Å². The normalized spacial score (nSPS) is 14.2. The summed E-state index contributed by atoms with van der Waals surface area (Å²) in [4.78, 5) is 28.9. The van der Waals surface area contributed by atoms with E-state index in [0.29, 0.717) is 12.8 Å². The van der Waals surface area contributed by atoms with Gasteiger partial charge in [0, 0.05) is 0 Å². The first-order valence-corrected chi connectivity index (χ1v) is 7.29. The Bertz CT molecular complexity index is 326. The van der Waals surface area contributed by atoms with Crippen LogP contribution in [-0.4, -0.2) is 22.6 Å². The van der Waals surface area contributed by atoms with Crippen LogP contribution >= 0.6 is 0 Å². The third kappa shape index (κ3) is 8.63. The molecule has 0 fully saturated rings. The summed E-state index contributed by atoms with van der Waals surface area (Å²) in [7, 11) is 0. The zero-order valence-corrected chi connectivity index (χ0v) is 16.2. The Kier molecular flexibility index (Phi) is 9.04. The molecule has 0 aliphatic heterocycles. The zero-order valence-electron chi connectivity index (χ0n) is 13.8. The van der Waals surface area contributed by atoms with Crippen LogP contribution in [0.3, 0.4) is 0 Å². The van der Waals surface area contributed by atoms with Gasteiger partial charge in [0.25, 0.3) is 0 Å². The van der Waals surface area contributed by atoms with Gasteiger partial charge in [-0.25, -0.2) is 5.48 Å². The SMILES string of the molecule is CCC[C@H](C(=O)NOC(C)(C)C)C(CC(C)C)C(=O)O.[Fm]. The van der Waals surface area contributed by atoms with E-state index in [0.717, 1.165) is 6.42 Å². The molecule has 0 rings (SSSR count). The number of hydroxylamine groups is 1. The average molecular weight is 544 g/mol. The molecule has 21 heavy (non-hydrogen) atoms. The number of carboxylic acid groups (broad SMARTS) is 1. The summed E-state index contributed by atoms with van der Waals surface area (Å²) in [5, 5.41) is 9.38. The van der Waals surface area contributed by atoms with Crippen molar-refractivity contribution in [1.82, 2.24) is 5.48 Å². The van der Waals surface area contributed by atoms with Gasteiger partial charge in [-0.15, -0.1) is 0 Å². The van der Waals surface area contributed by atoms with Crippen molar-refractivity contribution in [1.29, 1.82) is 0 Å². The molecule has 1 amide bonds. The van der Waals surface area contributed by atoms with E-state index in [-0.39, 0.29) is 11.8 Å². The summed E-state index contributed by atoms with van der Waals surface area (Å²) >= 11 is 0. The van der Waals surface area contributed by atoms with Gasteiger partial charge in [0.15, 0.2) is 0 Å². The van der Waals surface area contributed by atoms with Gasteiger partial charge < -0.3 is 5.11 Å². The summed E-state index contributed by atoms with van der Waals surface area (Å²) in [5.41, 5.74) is 1.92. The average Bonchev–Trinajstić information content (AvgIpc) is 2.29. The predicted molar refractivity (Wildman–Crippen MR) is 78.0 cm³/mol. The Labute approximate surface area is 122 Å². The van der Waals surface area contributed by atoms with E-state index in [2.05, 4.69) is 5.48 Å². The Morgan fingerprint density at radius 1 is 1.19 bits per heavy atom. The van der Waals surface area contributed by atoms with Crippen LogP contribution in [0, 0.1) is 17.8 Å². The number of nitrogens with one attached hydrogen (secondary N) is 1. The van der Waals surface area contributed by atoms with E-state index in [4.69, 9.17) is 4.84 Å². The molecule has 0 saturated carbocycles. The minimum atomic E-state index is -0.914. The molecule has 0 aromatic heterocycles. The third-order valence-corrected chi connectivity index (χ3v) is 2.92. The second-order valence-electron chi connectivity index (χ2n) is 6.65. The molecule has 0 aromatic carbocycles. The van der Waals surface area contributed by atoms with Crippen LogP contribution in [0.1, 0.15) is 60.8 Å². The van der Waals surface area contributed by atoms with Gasteiger partial charge in [0.2, 0.25) is 5.91 Å². The van der Waals surface area contributed by atoms with Crippen molar-refractivity contribution in [3.63, 3.8) is 0 Å². The van der Waals surface area contributed by atoms with Gasteiger partial charge in [-0.05, 0) is 39.5 Å². The van der Waals surface area contributed by atoms with Gasteiger partial charge in [0.1, 0.15) is 0 Å². The smallest absolute Gasteiger partial charge is 0.307 e. The molecule has 0 aliphatic carbocycles. The Balaban J connectivity index is 0. The summed E-state index contributed by atoms with van der Waals surface area (Å²) in [5.74, 6) is -2.24. The monoisotopic (exact) mass is 544 g/mol. The number of hydrogen-bond acceptors (Lipinski definition) is 3. The topological polar surface area (TPSA) is 75.6 Å². The standard InChI is InChI=1S/C15H29NO4.Fm/c1-7-8-11(12(14(18)19)9-10(2)3)13(17)16-20-15(4,5)6;/h10-12H,7-9H2,1-6H3,(H,16,17)(H,18,19);/t11-,12?;/m0./s1. The maximum atomic E-state index is 12.2. The van der Waals surface area contributed by atoms with Crippen molar-refractivity contribution in [3.8, 4) is 0 Å². The molecule has 0 bridgehead atoms. The minimum absolute atomic E-state index is 0. The van der Waals surface area contributed by atoms with Crippen LogP contribution in [0.25, 0.3) is 0 Å². The fourth-order valence-electron chi connectivity index (χ4n) is 2.05. The van der Waals surface area contributed by atoms with Gasteiger partial charge in [-0.1, -0.05) is 27.2 Å². The summed E-state index contributed by atoms with van der Waals surface area (Å²) < 4.78 is 0. The fourth-order valence-corrected chi connectivity index (χ4v) is 2.05. The molecule has 0 saturated heterocycles. The summed E-state index contributed by atoms with van der Waals surface area (Å²) in [6.45, 7) is 11.3. The van der Waals surface area contributed by atoms with E-state index in [1.807, 2.05) is 41.5 Å². The molecule has 2 atom stereocenters. The number of rotatable bonds is 8. The molecule has 0 aromatic rings. The fraction of sp³-hybridized carbons (Fsp3) is 0.867. The first kappa shape index (κ1) is 21.2. The largest absolute Gasteiger partial charge is 0.481 e. The van der Waals surface area contributed by atoms with E-state index >= 15 is 0 Å². The Morgan fingerprint density at radius 3 is 2.05 bits per heavy atom. The second kappa shape index (κ2) is 8.95. The molecular weight excluding hydrogens is 515 g/mol. The van der Waals surface area contributed by atoms with Gasteiger partial charge in [0.05, 0.1) is 17.4 Å². The quantitative estimate of drug-likeness (QED) is 0.461. The van der Waals surface area contributed by atoms with E-state index in [9.17, 15) is 14.7 Å². The number of hydrogen-bond donors (Lipinski definition) is 2. The Morgan fingerprint density at radius 2 is 1.71 bits per heavy atom. The van der Waals surface area contributed by atoms with Crippen molar-refractivity contribution in [2.45, 2.75) is 66.4 Å². The van der Waals surface area contributed by atoms with E-state index < -0.39 is 23.4 Å². The molecular formula is C15H29FmNO4. The van der Waals surface area contributed by atoms with Crippen molar-refractivity contribution < 1.29 is 19.5 Å². The van der Waals surface area contributed by atoms with Crippen LogP contribution < -0.4 is 5.48 Å².